The lowest BCUT2D eigenvalue weighted by molar-refractivity contribution is 0.669. The smallest absolute Gasteiger partial charge is 0.160 e. The minimum Gasteiger partial charge on any atom is -0.454 e. The molecule has 2 nitrogen and oxygen atoms in total. The van der Waals surface area contributed by atoms with Crippen molar-refractivity contribution in [3.05, 3.63) is 188 Å². The SMILES string of the molecule is c1ccc(-c2ccc(N(c3ccc(-c4ccccc4)cc3-c3ccccc3)c3cc4ccccc4c4c3oc3ccccc34)cc2)cc1. The van der Waals surface area contributed by atoms with Crippen LogP contribution < -0.4 is 4.90 Å². The molecule has 0 saturated carbocycles. The van der Waals surface area contributed by atoms with Crippen LogP contribution in [0.1, 0.15) is 0 Å². The van der Waals surface area contributed by atoms with Gasteiger partial charge >= 0.3 is 0 Å². The van der Waals surface area contributed by atoms with E-state index < -0.39 is 0 Å². The second-order valence-electron chi connectivity index (χ2n) is 12.1. The lowest BCUT2D eigenvalue weighted by atomic mass is 9.95. The maximum absolute atomic E-state index is 6.81. The Morgan fingerprint density at radius 3 is 1.62 bits per heavy atom. The molecular weight excluding hydrogens is 583 g/mol. The molecule has 1 aromatic heterocycles. The zero-order valence-electron chi connectivity index (χ0n) is 26.3. The van der Waals surface area contributed by atoms with E-state index in [1.54, 1.807) is 0 Å². The fourth-order valence-corrected chi connectivity index (χ4v) is 6.95. The molecule has 0 aliphatic carbocycles. The van der Waals surface area contributed by atoms with Crippen LogP contribution in [-0.4, -0.2) is 0 Å². The van der Waals surface area contributed by atoms with E-state index in [-0.39, 0.29) is 0 Å². The van der Waals surface area contributed by atoms with E-state index in [1.165, 1.54) is 33.0 Å². The van der Waals surface area contributed by atoms with Gasteiger partial charge < -0.3 is 9.32 Å². The summed E-state index contributed by atoms with van der Waals surface area (Å²) in [6.07, 6.45) is 0. The van der Waals surface area contributed by atoms with Crippen molar-refractivity contribution in [1.29, 1.82) is 0 Å². The third kappa shape index (κ3) is 4.83. The monoisotopic (exact) mass is 613 g/mol. The van der Waals surface area contributed by atoms with Crippen molar-refractivity contribution in [2.45, 2.75) is 0 Å². The first-order valence-electron chi connectivity index (χ1n) is 16.4. The molecule has 9 aromatic rings. The highest BCUT2D eigenvalue weighted by Crippen LogP contribution is 2.48. The van der Waals surface area contributed by atoms with Crippen molar-refractivity contribution >= 4 is 49.8 Å². The molecule has 0 aliphatic heterocycles. The summed E-state index contributed by atoms with van der Waals surface area (Å²) in [7, 11) is 0. The summed E-state index contributed by atoms with van der Waals surface area (Å²) in [5.74, 6) is 0. The van der Waals surface area contributed by atoms with Crippen molar-refractivity contribution in [1.82, 2.24) is 0 Å². The Labute approximate surface area is 279 Å². The Balaban J connectivity index is 1.35. The van der Waals surface area contributed by atoms with Crippen molar-refractivity contribution in [2.75, 3.05) is 4.90 Å². The topological polar surface area (TPSA) is 16.4 Å². The van der Waals surface area contributed by atoms with Gasteiger partial charge in [0.2, 0.25) is 0 Å². The molecule has 0 spiro atoms. The van der Waals surface area contributed by atoms with E-state index in [0.717, 1.165) is 50.1 Å². The second kappa shape index (κ2) is 11.8. The first kappa shape index (κ1) is 27.9. The summed E-state index contributed by atoms with van der Waals surface area (Å²) in [6, 6.07) is 66.8. The van der Waals surface area contributed by atoms with Gasteiger partial charge in [0.15, 0.2) is 5.58 Å². The average Bonchev–Trinajstić information content (AvgIpc) is 3.57. The molecule has 0 atom stereocenters. The quantitative estimate of drug-likeness (QED) is 0.185. The first-order valence-corrected chi connectivity index (χ1v) is 16.4. The lowest BCUT2D eigenvalue weighted by Crippen LogP contribution is -2.12. The van der Waals surface area contributed by atoms with Crippen LogP contribution in [0.5, 0.6) is 0 Å². The number of anilines is 3. The van der Waals surface area contributed by atoms with Gasteiger partial charge in [-0.05, 0) is 75.0 Å². The molecule has 0 bridgehead atoms. The molecule has 0 radical (unpaired) electrons. The minimum absolute atomic E-state index is 0.869. The summed E-state index contributed by atoms with van der Waals surface area (Å²) in [4.78, 5) is 2.38. The number of hydrogen-bond acceptors (Lipinski definition) is 2. The van der Waals surface area contributed by atoms with Crippen LogP contribution in [-0.2, 0) is 0 Å². The van der Waals surface area contributed by atoms with Gasteiger partial charge in [-0.3, -0.25) is 0 Å². The molecule has 0 amide bonds. The largest absolute Gasteiger partial charge is 0.454 e. The van der Waals surface area contributed by atoms with E-state index in [4.69, 9.17) is 4.42 Å². The minimum atomic E-state index is 0.869. The number of fused-ring (bicyclic) bond motifs is 5. The van der Waals surface area contributed by atoms with Crippen molar-refractivity contribution in [3.8, 4) is 33.4 Å². The van der Waals surface area contributed by atoms with Crippen molar-refractivity contribution in [3.63, 3.8) is 0 Å². The second-order valence-corrected chi connectivity index (χ2v) is 12.1. The molecule has 226 valence electrons. The number of furan rings is 1. The highest BCUT2D eigenvalue weighted by molar-refractivity contribution is 6.23. The van der Waals surface area contributed by atoms with Crippen LogP contribution in [0.15, 0.2) is 192 Å². The summed E-state index contributed by atoms with van der Waals surface area (Å²) >= 11 is 0. The highest BCUT2D eigenvalue weighted by atomic mass is 16.3. The predicted molar refractivity (Wildman–Crippen MR) is 202 cm³/mol. The van der Waals surface area contributed by atoms with Gasteiger partial charge in [-0.25, -0.2) is 0 Å². The first-order chi connectivity index (χ1) is 23.8. The van der Waals surface area contributed by atoms with E-state index in [0.29, 0.717) is 0 Å². The van der Waals surface area contributed by atoms with Gasteiger partial charge in [-0.15, -0.1) is 0 Å². The Bertz CT molecular complexity index is 2530. The van der Waals surface area contributed by atoms with E-state index in [1.807, 2.05) is 6.07 Å². The maximum Gasteiger partial charge on any atom is 0.160 e. The molecule has 0 aliphatic rings. The van der Waals surface area contributed by atoms with Gasteiger partial charge in [0.25, 0.3) is 0 Å². The average molecular weight is 614 g/mol. The van der Waals surface area contributed by atoms with Gasteiger partial charge in [0, 0.05) is 22.0 Å². The molecule has 0 fully saturated rings. The van der Waals surface area contributed by atoms with Crippen LogP contribution >= 0.6 is 0 Å². The molecule has 0 saturated heterocycles. The van der Waals surface area contributed by atoms with Crippen molar-refractivity contribution < 1.29 is 4.42 Å². The van der Waals surface area contributed by atoms with Gasteiger partial charge in [0.1, 0.15) is 5.58 Å². The van der Waals surface area contributed by atoms with E-state index >= 15 is 0 Å². The van der Waals surface area contributed by atoms with E-state index in [2.05, 4.69) is 187 Å². The molecule has 0 N–H and O–H groups in total. The third-order valence-electron chi connectivity index (χ3n) is 9.25. The number of hydrogen-bond donors (Lipinski definition) is 0. The van der Waals surface area contributed by atoms with Crippen LogP contribution in [0.4, 0.5) is 17.1 Å². The third-order valence-corrected chi connectivity index (χ3v) is 9.25. The zero-order valence-corrected chi connectivity index (χ0v) is 26.3. The lowest BCUT2D eigenvalue weighted by Gasteiger charge is -2.29. The molecule has 1 heterocycles. The maximum atomic E-state index is 6.81. The Hall–Kier alpha value is -6.38. The van der Waals surface area contributed by atoms with Crippen LogP contribution in [0.3, 0.4) is 0 Å². The van der Waals surface area contributed by atoms with Crippen LogP contribution in [0, 0.1) is 0 Å². The summed E-state index contributed by atoms with van der Waals surface area (Å²) in [5.41, 5.74) is 11.9. The number of nitrogens with zero attached hydrogens (tertiary/aromatic N) is 1. The molecule has 8 aromatic carbocycles. The zero-order chi connectivity index (χ0) is 31.9. The van der Waals surface area contributed by atoms with Gasteiger partial charge in [-0.2, -0.15) is 0 Å². The summed E-state index contributed by atoms with van der Waals surface area (Å²) in [6.45, 7) is 0. The molecule has 2 heteroatoms. The Kier molecular flexibility index (Phi) is 6.84. The Morgan fingerprint density at radius 2 is 0.917 bits per heavy atom. The van der Waals surface area contributed by atoms with Crippen LogP contribution in [0.25, 0.3) is 66.1 Å². The predicted octanol–water partition coefficient (Wildman–Crippen LogP) is 13.2. The fourth-order valence-electron chi connectivity index (χ4n) is 6.95. The Morgan fingerprint density at radius 1 is 0.375 bits per heavy atom. The van der Waals surface area contributed by atoms with E-state index in [9.17, 15) is 0 Å². The van der Waals surface area contributed by atoms with Crippen molar-refractivity contribution in [2.24, 2.45) is 0 Å². The standard InChI is InChI=1S/C46H31NO/c1-4-14-32(15-5-1)34-24-27-38(28-25-34)47(42-29-26-36(33-16-6-2-7-17-33)30-41(42)35-18-8-3-9-19-35)43-31-37-20-10-11-21-39(37)45-40-22-12-13-23-44(40)48-46(43)45/h1-31H. The molecule has 0 unspecified atom stereocenters. The number of rotatable bonds is 6. The summed E-state index contributed by atoms with van der Waals surface area (Å²) < 4.78 is 6.81. The fraction of sp³-hybridized carbons (Fsp3) is 0. The van der Waals surface area contributed by atoms with Gasteiger partial charge in [-0.1, -0.05) is 152 Å². The highest BCUT2D eigenvalue weighted by Gasteiger charge is 2.24. The normalized spacial score (nSPS) is 11.3. The summed E-state index contributed by atoms with van der Waals surface area (Å²) in [5, 5.41) is 4.60. The van der Waals surface area contributed by atoms with Crippen LogP contribution in [0.2, 0.25) is 0 Å². The van der Waals surface area contributed by atoms with Gasteiger partial charge in [0.05, 0.1) is 11.4 Å². The molecule has 9 rings (SSSR count). The number of benzene rings is 8. The number of para-hydroxylation sites is 1. The molecule has 48 heavy (non-hydrogen) atoms. The molecular formula is C46H31NO.